The van der Waals surface area contributed by atoms with Gasteiger partial charge in [-0.15, -0.1) is 0 Å². The van der Waals surface area contributed by atoms with Gasteiger partial charge in [-0.2, -0.15) is 0 Å². The quantitative estimate of drug-likeness (QED) is 0.383. The maximum atomic E-state index is 12.9. The van der Waals surface area contributed by atoms with Gasteiger partial charge in [0, 0.05) is 23.5 Å². The number of pyridine rings is 1. The van der Waals surface area contributed by atoms with Crippen molar-refractivity contribution in [2.24, 2.45) is 0 Å². The summed E-state index contributed by atoms with van der Waals surface area (Å²) in [6.45, 7) is 1.71. The molecule has 2 heterocycles. The zero-order valence-electron chi connectivity index (χ0n) is 16.1. The van der Waals surface area contributed by atoms with Crippen molar-refractivity contribution < 1.29 is 9.72 Å². The molecule has 0 aliphatic carbocycles. The Bertz CT molecular complexity index is 1400. The number of nitro benzene ring substituents is 1. The number of nitro groups is 1. The molecule has 9 nitrogen and oxygen atoms in total. The van der Waals surface area contributed by atoms with Crippen LogP contribution in [0.15, 0.2) is 65.6 Å². The molecule has 0 saturated heterocycles. The summed E-state index contributed by atoms with van der Waals surface area (Å²) in [6.07, 6.45) is 1.57. The van der Waals surface area contributed by atoms with E-state index in [1.165, 1.54) is 16.7 Å². The Morgan fingerprint density at radius 3 is 2.61 bits per heavy atom. The van der Waals surface area contributed by atoms with E-state index in [1.807, 2.05) is 0 Å². The Labute approximate surface area is 180 Å². The summed E-state index contributed by atoms with van der Waals surface area (Å²) in [6, 6.07) is 13.7. The zero-order valence-corrected chi connectivity index (χ0v) is 16.8. The first-order chi connectivity index (χ1) is 14.8. The minimum Gasteiger partial charge on any atom is -0.322 e. The number of anilines is 1. The second-order valence-electron chi connectivity index (χ2n) is 6.60. The highest BCUT2D eigenvalue weighted by Gasteiger charge is 2.17. The highest BCUT2D eigenvalue weighted by Crippen LogP contribution is 2.25. The largest absolute Gasteiger partial charge is 0.322 e. The summed E-state index contributed by atoms with van der Waals surface area (Å²) < 4.78 is 1.46. The molecule has 0 radical (unpaired) electrons. The van der Waals surface area contributed by atoms with E-state index in [-0.39, 0.29) is 21.8 Å². The Balaban J connectivity index is 1.62. The van der Waals surface area contributed by atoms with Gasteiger partial charge in [-0.3, -0.25) is 24.3 Å². The van der Waals surface area contributed by atoms with E-state index in [0.29, 0.717) is 28.2 Å². The summed E-state index contributed by atoms with van der Waals surface area (Å²) in [5.41, 5.74) is 0.896. The van der Waals surface area contributed by atoms with Gasteiger partial charge in [0.2, 0.25) is 0 Å². The Hall–Kier alpha value is -4.11. The molecule has 0 unspecified atom stereocenters. The van der Waals surface area contributed by atoms with Crippen molar-refractivity contribution in [2.45, 2.75) is 6.92 Å². The molecule has 0 aliphatic heterocycles. The van der Waals surface area contributed by atoms with Gasteiger partial charge in [0.05, 0.1) is 16.0 Å². The number of fused-ring (bicyclic) bond motifs is 1. The smallest absolute Gasteiger partial charge is 0.288 e. The molecule has 31 heavy (non-hydrogen) atoms. The summed E-state index contributed by atoms with van der Waals surface area (Å²) in [5, 5.41) is 14.0. The maximum Gasteiger partial charge on any atom is 0.288 e. The number of halogens is 1. The summed E-state index contributed by atoms with van der Waals surface area (Å²) in [4.78, 5) is 44.2. The first-order valence-electron chi connectivity index (χ1n) is 9.05. The molecule has 0 bridgehead atoms. The molecule has 0 atom stereocenters. The molecule has 0 spiro atoms. The Morgan fingerprint density at radius 1 is 1.16 bits per heavy atom. The molecule has 2 aromatic heterocycles. The zero-order chi connectivity index (χ0) is 22.1. The molecule has 4 rings (SSSR count). The van der Waals surface area contributed by atoms with Crippen LogP contribution in [0.5, 0.6) is 0 Å². The lowest BCUT2D eigenvalue weighted by Gasteiger charge is -2.11. The van der Waals surface area contributed by atoms with Crippen molar-refractivity contribution in [1.82, 2.24) is 14.5 Å². The van der Waals surface area contributed by atoms with Crippen molar-refractivity contribution in [3.8, 4) is 5.69 Å². The molecule has 1 N–H and O–H groups in total. The average molecular weight is 436 g/mol. The molecular formula is C21H14ClN5O4. The van der Waals surface area contributed by atoms with Crippen molar-refractivity contribution in [3.05, 3.63) is 97.7 Å². The third-order valence-electron chi connectivity index (χ3n) is 4.60. The van der Waals surface area contributed by atoms with E-state index in [2.05, 4.69) is 15.3 Å². The Kier molecular flexibility index (Phi) is 5.18. The predicted molar refractivity (Wildman–Crippen MR) is 116 cm³/mol. The fourth-order valence-corrected chi connectivity index (χ4v) is 3.31. The molecule has 0 aliphatic rings. The van der Waals surface area contributed by atoms with Crippen molar-refractivity contribution in [1.29, 1.82) is 0 Å². The van der Waals surface area contributed by atoms with Gasteiger partial charge in [0.25, 0.3) is 17.2 Å². The van der Waals surface area contributed by atoms with Crippen LogP contribution in [0.25, 0.3) is 16.7 Å². The summed E-state index contributed by atoms with van der Waals surface area (Å²) in [7, 11) is 0. The lowest BCUT2D eigenvalue weighted by molar-refractivity contribution is -0.384. The van der Waals surface area contributed by atoms with Gasteiger partial charge < -0.3 is 5.32 Å². The number of nitrogens with zero attached hydrogens (tertiary/aromatic N) is 4. The number of rotatable bonds is 4. The van der Waals surface area contributed by atoms with Gasteiger partial charge in [0.15, 0.2) is 5.65 Å². The topological polar surface area (TPSA) is 120 Å². The number of aryl methyl sites for hydroxylation is 1. The lowest BCUT2D eigenvalue weighted by Crippen LogP contribution is -2.22. The molecule has 2 aromatic carbocycles. The van der Waals surface area contributed by atoms with Crippen LogP contribution in [0.3, 0.4) is 0 Å². The number of benzene rings is 2. The van der Waals surface area contributed by atoms with Gasteiger partial charge in [-0.25, -0.2) is 9.97 Å². The summed E-state index contributed by atoms with van der Waals surface area (Å²) in [5.74, 6) is -0.0548. The first kappa shape index (κ1) is 20.2. The van der Waals surface area contributed by atoms with E-state index >= 15 is 0 Å². The SMILES string of the molecule is Cc1nc2ncccc2c(=O)n1-c1ccc(NC(=O)c2ccc(Cl)c([N+](=O)[O-])c2)cc1. The van der Waals surface area contributed by atoms with E-state index in [0.717, 1.165) is 6.07 Å². The average Bonchev–Trinajstić information content (AvgIpc) is 2.75. The van der Waals surface area contributed by atoms with Gasteiger partial charge in [0.1, 0.15) is 10.8 Å². The molecule has 10 heteroatoms. The van der Waals surface area contributed by atoms with Gasteiger partial charge >= 0.3 is 0 Å². The normalized spacial score (nSPS) is 10.8. The van der Waals surface area contributed by atoms with Crippen LogP contribution in [0.1, 0.15) is 16.2 Å². The molecule has 1 amide bonds. The fraction of sp³-hybridized carbons (Fsp3) is 0.0476. The van der Waals surface area contributed by atoms with Crippen molar-refractivity contribution in [2.75, 3.05) is 5.32 Å². The number of carbonyl (C=O) groups is 1. The highest BCUT2D eigenvalue weighted by molar-refractivity contribution is 6.32. The standard InChI is InChI=1S/C21H14ClN5O4/c1-12-24-19-16(3-2-10-23-19)21(29)26(12)15-7-5-14(6-8-15)25-20(28)13-4-9-17(22)18(11-13)27(30)31/h2-11H,1H3,(H,25,28). The van der Waals surface area contributed by atoms with Crippen LogP contribution in [0, 0.1) is 17.0 Å². The Morgan fingerprint density at radius 2 is 1.90 bits per heavy atom. The lowest BCUT2D eigenvalue weighted by atomic mass is 10.2. The van der Waals surface area contributed by atoms with E-state index in [9.17, 15) is 19.7 Å². The minimum atomic E-state index is -0.652. The monoisotopic (exact) mass is 435 g/mol. The molecule has 0 saturated carbocycles. The minimum absolute atomic E-state index is 0.0501. The van der Waals surface area contributed by atoms with Crippen molar-refractivity contribution >= 4 is 39.9 Å². The third-order valence-corrected chi connectivity index (χ3v) is 4.92. The van der Waals surface area contributed by atoms with Gasteiger partial charge in [-0.05, 0) is 55.5 Å². The number of hydrogen-bond donors (Lipinski definition) is 1. The van der Waals surface area contributed by atoms with Crippen LogP contribution in [0.2, 0.25) is 5.02 Å². The number of aromatic nitrogens is 3. The third kappa shape index (κ3) is 3.86. The van der Waals surface area contributed by atoms with E-state index in [1.54, 1.807) is 49.5 Å². The molecule has 0 fully saturated rings. The number of nitrogens with one attached hydrogen (secondary N) is 1. The molecule has 4 aromatic rings. The summed E-state index contributed by atoms with van der Waals surface area (Å²) >= 11 is 5.78. The maximum absolute atomic E-state index is 12.9. The van der Waals surface area contributed by atoms with Crippen molar-refractivity contribution in [3.63, 3.8) is 0 Å². The highest BCUT2D eigenvalue weighted by atomic mass is 35.5. The van der Waals surface area contributed by atoms with Crippen LogP contribution in [-0.4, -0.2) is 25.4 Å². The molecule has 154 valence electrons. The number of hydrogen-bond acceptors (Lipinski definition) is 6. The van der Waals surface area contributed by atoms with Gasteiger partial charge in [-0.1, -0.05) is 11.6 Å². The second kappa shape index (κ2) is 7.96. The fourth-order valence-electron chi connectivity index (χ4n) is 3.12. The van der Waals surface area contributed by atoms with Crippen LogP contribution < -0.4 is 10.9 Å². The number of amides is 1. The molecular weight excluding hydrogens is 422 g/mol. The second-order valence-corrected chi connectivity index (χ2v) is 7.01. The number of carbonyl (C=O) groups excluding carboxylic acids is 1. The van der Waals surface area contributed by atoms with Crippen LogP contribution in [0.4, 0.5) is 11.4 Å². The first-order valence-corrected chi connectivity index (χ1v) is 9.43. The van der Waals surface area contributed by atoms with E-state index in [4.69, 9.17) is 11.6 Å². The van der Waals surface area contributed by atoms with E-state index < -0.39 is 10.8 Å². The van der Waals surface area contributed by atoms with Crippen LogP contribution >= 0.6 is 11.6 Å². The van der Waals surface area contributed by atoms with Crippen LogP contribution in [-0.2, 0) is 0 Å². The predicted octanol–water partition coefficient (Wildman–Crippen LogP) is 3.90.